The largest absolute Gasteiger partial charge is 0.871 e. The van der Waals surface area contributed by atoms with E-state index in [1.165, 1.54) is 0 Å². The van der Waals surface area contributed by atoms with E-state index in [-0.39, 0.29) is 20.6 Å². The number of nitro groups is 1. The van der Waals surface area contributed by atoms with Gasteiger partial charge in [0.15, 0.2) is 0 Å². The molecule has 0 spiro atoms. The van der Waals surface area contributed by atoms with Gasteiger partial charge in [-0.2, -0.15) is 0 Å². The van der Waals surface area contributed by atoms with E-state index in [2.05, 4.69) is 15.9 Å². The summed E-state index contributed by atoms with van der Waals surface area (Å²) < 4.78 is 0.0169. The standard InChI is InChI=1S/C10H5BrN2O5S/c11-6-3-5(13(17)18)1-4(8(6)14)2-7-9(15)12-10(16)19-7/h1-3,14H,(H,12,15,16)/p-1/b7-2+. The lowest BCUT2D eigenvalue weighted by molar-refractivity contribution is -0.385. The highest BCUT2D eigenvalue weighted by atomic mass is 79.9. The second-order valence-electron chi connectivity index (χ2n) is 3.46. The molecular formula is C10H4BrN2O5S-. The maximum Gasteiger partial charge on any atom is 0.290 e. The summed E-state index contributed by atoms with van der Waals surface area (Å²) >= 11 is 3.56. The second-order valence-corrected chi connectivity index (χ2v) is 5.32. The van der Waals surface area contributed by atoms with E-state index in [1.54, 1.807) is 0 Å². The van der Waals surface area contributed by atoms with E-state index < -0.39 is 21.8 Å². The lowest BCUT2D eigenvalue weighted by Gasteiger charge is -2.12. The summed E-state index contributed by atoms with van der Waals surface area (Å²) in [5.74, 6) is -1.12. The van der Waals surface area contributed by atoms with Crippen molar-refractivity contribution in [2.24, 2.45) is 0 Å². The molecule has 1 aliphatic rings. The summed E-state index contributed by atoms with van der Waals surface area (Å²) in [6.45, 7) is 0. The molecule has 1 aromatic rings. The summed E-state index contributed by atoms with van der Waals surface area (Å²) in [6.07, 6.45) is 1.16. The number of hydrogen-bond acceptors (Lipinski definition) is 6. The first kappa shape index (κ1) is 13.6. The third-order valence-electron chi connectivity index (χ3n) is 2.20. The molecule has 1 N–H and O–H groups in total. The van der Waals surface area contributed by atoms with Crippen LogP contribution in [-0.2, 0) is 4.79 Å². The third-order valence-corrected chi connectivity index (χ3v) is 3.60. The SMILES string of the molecule is O=C1NC(=O)/C(=C\c2cc([N+](=O)[O-])cc(Br)c2[O-])S1. The monoisotopic (exact) mass is 343 g/mol. The fourth-order valence-corrected chi connectivity index (χ4v) is 2.51. The van der Waals surface area contributed by atoms with Gasteiger partial charge in [0.25, 0.3) is 16.8 Å². The van der Waals surface area contributed by atoms with Crippen molar-refractivity contribution >= 4 is 50.6 Å². The Bertz CT molecular complexity index is 643. The van der Waals surface area contributed by atoms with Crippen molar-refractivity contribution in [3.05, 3.63) is 37.2 Å². The predicted octanol–water partition coefficient (Wildman–Crippen LogP) is 1.75. The fraction of sp³-hybridized carbons (Fsp3) is 0. The summed E-state index contributed by atoms with van der Waals surface area (Å²) in [5.41, 5.74) is -0.318. The average Bonchev–Trinajstić information content (AvgIpc) is 2.63. The predicted molar refractivity (Wildman–Crippen MR) is 69.3 cm³/mol. The van der Waals surface area contributed by atoms with Crippen molar-refractivity contribution in [2.75, 3.05) is 0 Å². The molecule has 0 aliphatic carbocycles. The maximum absolute atomic E-state index is 11.8. The highest BCUT2D eigenvalue weighted by molar-refractivity contribution is 9.10. The Kier molecular flexibility index (Phi) is 3.58. The van der Waals surface area contributed by atoms with E-state index in [9.17, 15) is 24.8 Å². The number of halogens is 1. The van der Waals surface area contributed by atoms with Crippen LogP contribution in [0.4, 0.5) is 10.5 Å². The van der Waals surface area contributed by atoms with E-state index >= 15 is 0 Å². The molecule has 2 rings (SSSR count). The van der Waals surface area contributed by atoms with Gasteiger partial charge in [0.1, 0.15) is 0 Å². The van der Waals surface area contributed by atoms with Crippen LogP contribution in [0.5, 0.6) is 5.75 Å². The molecular weight excluding hydrogens is 340 g/mol. The Morgan fingerprint density at radius 2 is 2.05 bits per heavy atom. The molecule has 98 valence electrons. The van der Waals surface area contributed by atoms with Crippen LogP contribution in [0.25, 0.3) is 6.08 Å². The van der Waals surface area contributed by atoms with Gasteiger partial charge in [0.05, 0.1) is 9.83 Å². The van der Waals surface area contributed by atoms with Crippen LogP contribution in [0, 0.1) is 10.1 Å². The van der Waals surface area contributed by atoms with Crippen molar-refractivity contribution in [2.45, 2.75) is 0 Å². The van der Waals surface area contributed by atoms with E-state index in [4.69, 9.17) is 0 Å². The number of benzene rings is 1. The lowest BCUT2D eigenvalue weighted by Crippen LogP contribution is -2.17. The molecule has 1 fully saturated rings. The van der Waals surface area contributed by atoms with Crippen molar-refractivity contribution in [1.82, 2.24) is 5.32 Å². The topological polar surface area (TPSA) is 112 Å². The fourth-order valence-electron chi connectivity index (χ4n) is 1.37. The number of nitro benzene ring substituents is 1. The first-order valence-corrected chi connectivity index (χ1v) is 6.39. The minimum Gasteiger partial charge on any atom is -0.871 e. The highest BCUT2D eigenvalue weighted by Gasteiger charge is 2.25. The molecule has 0 aromatic heterocycles. The van der Waals surface area contributed by atoms with Crippen LogP contribution in [-0.4, -0.2) is 16.1 Å². The number of carbonyl (C=O) groups excluding carboxylic acids is 2. The number of non-ortho nitro benzene ring substituents is 1. The minimum absolute atomic E-state index is 0.0169. The van der Waals surface area contributed by atoms with Gasteiger partial charge in [-0.25, -0.2) is 0 Å². The molecule has 0 radical (unpaired) electrons. The van der Waals surface area contributed by atoms with Crippen LogP contribution < -0.4 is 10.4 Å². The van der Waals surface area contributed by atoms with Gasteiger partial charge >= 0.3 is 0 Å². The number of amides is 2. The number of carbonyl (C=O) groups is 2. The molecule has 1 saturated heterocycles. The molecule has 1 aliphatic heterocycles. The summed E-state index contributed by atoms with van der Waals surface area (Å²) in [7, 11) is 0. The normalized spacial score (nSPS) is 16.8. The molecule has 1 aromatic carbocycles. The molecule has 9 heteroatoms. The quantitative estimate of drug-likeness (QED) is 0.497. The molecule has 19 heavy (non-hydrogen) atoms. The Hall–Kier alpha value is -1.87. The van der Waals surface area contributed by atoms with Gasteiger partial charge in [0, 0.05) is 16.6 Å². The lowest BCUT2D eigenvalue weighted by atomic mass is 10.1. The van der Waals surface area contributed by atoms with Crippen LogP contribution >= 0.6 is 27.7 Å². The van der Waals surface area contributed by atoms with Gasteiger partial charge in [-0.1, -0.05) is 21.7 Å². The summed E-state index contributed by atoms with van der Waals surface area (Å²) in [6, 6.07) is 2.13. The van der Waals surface area contributed by atoms with E-state index in [0.29, 0.717) is 11.8 Å². The second kappa shape index (κ2) is 5.02. The average molecular weight is 344 g/mol. The van der Waals surface area contributed by atoms with E-state index in [1.807, 2.05) is 5.32 Å². The van der Waals surface area contributed by atoms with Crippen LogP contribution in [0.1, 0.15) is 5.56 Å². The molecule has 0 unspecified atom stereocenters. The molecule has 7 nitrogen and oxygen atoms in total. The van der Waals surface area contributed by atoms with Crippen molar-refractivity contribution in [1.29, 1.82) is 0 Å². The number of imide groups is 1. The van der Waals surface area contributed by atoms with Gasteiger partial charge in [-0.3, -0.25) is 25.0 Å². The van der Waals surface area contributed by atoms with Crippen LogP contribution in [0.3, 0.4) is 0 Å². The van der Waals surface area contributed by atoms with Gasteiger partial charge in [-0.15, -0.1) is 0 Å². The Labute approximate surface area is 119 Å². The summed E-state index contributed by atoms with van der Waals surface area (Å²) in [4.78, 5) is 32.4. The first-order valence-electron chi connectivity index (χ1n) is 4.78. The maximum atomic E-state index is 11.8. The molecule has 0 atom stereocenters. The van der Waals surface area contributed by atoms with E-state index in [0.717, 1.165) is 18.2 Å². The minimum atomic E-state index is -0.654. The zero-order chi connectivity index (χ0) is 14.2. The van der Waals surface area contributed by atoms with Crippen molar-refractivity contribution < 1.29 is 19.6 Å². The van der Waals surface area contributed by atoms with Gasteiger partial charge in [0.2, 0.25) is 0 Å². The smallest absolute Gasteiger partial charge is 0.290 e. The van der Waals surface area contributed by atoms with Crippen LogP contribution in [0.2, 0.25) is 0 Å². The zero-order valence-corrected chi connectivity index (χ0v) is 11.4. The van der Waals surface area contributed by atoms with Crippen LogP contribution in [0.15, 0.2) is 21.5 Å². The van der Waals surface area contributed by atoms with Crippen molar-refractivity contribution in [3.63, 3.8) is 0 Å². The summed E-state index contributed by atoms with van der Waals surface area (Å²) in [5, 5.41) is 24.0. The first-order chi connectivity index (χ1) is 8.88. The number of nitrogens with zero attached hydrogens (tertiary/aromatic N) is 1. The zero-order valence-electron chi connectivity index (χ0n) is 9.01. The van der Waals surface area contributed by atoms with Crippen molar-refractivity contribution in [3.8, 4) is 5.75 Å². The van der Waals surface area contributed by atoms with Gasteiger partial charge < -0.3 is 5.11 Å². The third kappa shape index (κ3) is 2.76. The molecule has 0 saturated carbocycles. The molecule has 2 amide bonds. The molecule has 0 bridgehead atoms. The Morgan fingerprint density at radius 3 is 2.58 bits per heavy atom. The number of rotatable bonds is 2. The molecule has 1 heterocycles. The van der Waals surface area contributed by atoms with Gasteiger partial charge in [-0.05, 0) is 23.4 Å². The Balaban J connectivity index is 2.51. The highest BCUT2D eigenvalue weighted by Crippen LogP contribution is 2.34. The number of nitrogens with one attached hydrogen (secondary N) is 1. The number of thioether (sulfide) groups is 1. The number of hydrogen-bond donors (Lipinski definition) is 1. The Morgan fingerprint density at radius 1 is 1.37 bits per heavy atom.